The number of aromatic nitrogens is 1. The van der Waals surface area contributed by atoms with Gasteiger partial charge in [0.2, 0.25) is 0 Å². The van der Waals surface area contributed by atoms with E-state index in [1.54, 1.807) is 39.2 Å². The maximum absolute atomic E-state index is 12.7. The number of methoxy groups -OCH3 is 1. The van der Waals surface area contributed by atoms with Gasteiger partial charge in [-0.3, -0.25) is 0 Å². The first-order valence-corrected chi connectivity index (χ1v) is 10.8. The van der Waals surface area contributed by atoms with Gasteiger partial charge in [0.25, 0.3) is 0 Å². The minimum absolute atomic E-state index is 0.192. The molecule has 2 unspecified atom stereocenters. The van der Waals surface area contributed by atoms with Crippen LogP contribution in [0.1, 0.15) is 57.7 Å². The van der Waals surface area contributed by atoms with Gasteiger partial charge in [0.15, 0.2) is 0 Å². The lowest BCUT2D eigenvalue weighted by Gasteiger charge is -2.23. The van der Waals surface area contributed by atoms with E-state index in [4.69, 9.17) is 9.47 Å². The normalized spacial score (nSPS) is 20.5. The molecule has 2 rings (SSSR count). The standard InChI is InChI=1S/C20H32N4O5S/c1-12(2)15-22-14(11-30-15)10-24(6)17(26)23-20(16(25)28-7)8-13(20)9-21-18(27)29-19(3,4)5/h11-13H,8-10H2,1-7H3,(H,21,27)(H,23,26). The third-order valence-electron chi connectivity index (χ3n) is 4.69. The highest BCUT2D eigenvalue weighted by Crippen LogP contribution is 2.44. The summed E-state index contributed by atoms with van der Waals surface area (Å²) in [5.74, 6) is -0.479. The molecule has 2 atom stereocenters. The molecular formula is C20H32N4O5S. The van der Waals surface area contributed by atoms with Crippen molar-refractivity contribution in [2.75, 3.05) is 20.7 Å². The summed E-state index contributed by atoms with van der Waals surface area (Å²) in [6.07, 6.45) is -0.190. The second kappa shape index (κ2) is 9.20. The first-order valence-electron chi connectivity index (χ1n) is 9.90. The second-order valence-electron chi connectivity index (χ2n) is 8.86. The quantitative estimate of drug-likeness (QED) is 0.631. The van der Waals surface area contributed by atoms with E-state index in [1.165, 1.54) is 12.0 Å². The highest BCUT2D eigenvalue weighted by atomic mass is 32.1. The number of thiazole rings is 1. The van der Waals surface area contributed by atoms with Crippen LogP contribution in [0.25, 0.3) is 0 Å². The smallest absolute Gasteiger partial charge is 0.407 e. The fourth-order valence-corrected chi connectivity index (χ4v) is 3.82. The molecular weight excluding hydrogens is 408 g/mol. The molecule has 1 aliphatic carbocycles. The molecule has 9 nitrogen and oxygen atoms in total. The molecule has 1 aromatic heterocycles. The monoisotopic (exact) mass is 440 g/mol. The highest BCUT2D eigenvalue weighted by Gasteiger charge is 2.62. The number of nitrogens with one attached hydrogen (secondary N) is 2. The molecule has 1 heterocycles. The summed E-state index contributed by atoms with van der Waals surface area (Å²) in [6.45, 7) is 9.96. The number of rotatable bonds is 7. The molecule has 168 valence electrons. The minimum Gasteiger partial charge on any atom is -0.467 e. The van der Waals surface area contributed by atoms with Gasteiger partial charge in [0, 0.05) is 30.8 Å². The molecule has 30 heavy (non-hydrogen) atoms. The first-order chi connectivity index (χ1) is 13.9. The van der Waals surface area contributed by atoms with E-state index in [0.29, 0.717) is 18.9 Å². The Morgan fingerprint density at radius 3 is 2.57 bits per heavy atom. The van der Waals surface area contributed by atoms with Crippen molar-refractivity contribution in [2.45, 2.75) is 64.6 Å². The van der Waals surface area contributed by atoms with Gasteiger partial charge >= 0.3 is 18.1 Å². The molecule has 1 aliphatic rings. The zero-order chi connectivity index (χ0) is 22.7. The number of nitrogens with zero attached hydrogens (tertiary/aromatic N) is 2. The Morgan fingerprint density at radius 1 is 1.37 bits per heavy atom. The number of esters is 1. The lowest BCUT2D eigenvalue weighted by Crippen LogP contribution is -2.51. The maximum Gasteiger partial charge on any atom is 0.407 e. The van der Waals surface area contributed by atoms with Crippen LogP contribution in [0.5, 0.6) is 0 Å². The number of ether oxygens (including phenoxy) is 2. The van der Waals surface area contributed by atoms with Gasteiger partial charge in [-0.2, -0.15) is 0 Å². The molecule has 0 radical (unpaired) electrons. The van der Waals surface area contributed by atoms with Gasteiger partial charge in [-0.05, 0) is 27.2 Å². The summed E-state index contributed by atoms with van der Waals surface area (Å²) < 4.78 is 10.1. The average Bonchev–Trinajstić information content (AvgIpc) is 3.12. The molecule has 1 fully saturated rings. The van der Waals surface area contributed by atoms with E-state index in [0.717, 1.165) is 10.7 Å². The fraction of sp³-hybridized carbons (Fsp3) is 0.700. The predicted octanol–water partition coefficient (Wildman–Crippen LogP) is 2.86. The maximum atomic E-state index is 12.7. The SMILES string of the molecule is COC(=O)C1(NC(=O)N(C)Cc2csc(C(C)C)n2)CC1CNC(=O)OC(C)(C)C. The minimum atomic E-state index is -1.15. The lowest BCUT2D eigenvalue weighted by molar-refractivity contribution is -0.144. The Labute approximate surface area is 181 Å². The molecule has 3 amide bonds. The Hall–Kier alpha value is -2.36. The van der Waals surface area contributed by atoms with Crippen molar-refractivity contribution < 1.29 is 23.9 Å². The topological polar surface area (TPSA) is 110 Å². The van der Waals surface area contributed by atoms with E-state index in [2.05, 4.69) is 29.5 Å². The largest absolute Gasteiger partial charge is 0.467 e. The second-order valence-corrected chi connectivity index (χ2v) is 9.75. The number of urea groups is 1. The van der Waals surface area contributed by atoms with Crippen LogP contribution in [-0.2, 0) is 20.8 Å². The zero-order valence-electron chi connectivity index (χ0n) is 18.7. The Bertz CT molecular complexity index is 788. The van der Waals surface area contributed by atoms with E-state index >= 15 is 0 Å². The van der Waals surface area contributed by atoms with Crippen molar-refractivity contribution in [1.82, 2.24) is 20.5 Å². The van der Waals surface area contributed by atoms with Crippen LogP contribution in [-0.4, -0.2) is 59.8 Å². The van der Waals surface area contributed by atoms with Crippen molar-refractivity contribution >= 4 is 29.4 Å². The van der Waals surface area contributed by atoms with Gasteiger partial charge in [-0.1, -0.05) is 13.8 Å². The Kier molecular flexibility index (Phi) is 7.33. The van der Waals surface area contributed by atoms with Gasteiger partial charge in [0.05, 0.1) is 24.4 Å². The molecule has 2 N–H and O–H groups in total. The van der Waals surface area contributed by atoms with Crippen molar-refractivity contribution in [3.63, 3.8) is 0 Å². The van der Waals surface area contributed by atoms with Crippen LogP contribution >= 0.6 is 11.3 Å². The Balaban J connectivity index is 1.95. The predicted molar refractivity (Wildman–Crippen MR) is 113 cm³/mol. The molecule has 0 bridgehead atoms. The highest BCUT2D eigenvalue weighted by molar-refractivity contribution is 7.09. The van der Waals surface area contributed by atoms with E-state index in [-0.39, 0.29) is 12.5 Å². The van der Waals surface area contributed by atoms with Crippen molar-refractivity contribution in [1.29, 1.82) is 0 Å². The lowest BCUT2D eigenvalue weighted by atomic mass is 10.2. The van der Waals surface area contributed by atoms with Gasteiger partial charge in [0.1, 0.15) is 11.1 Å². The number of carbonyl (C=O) groups is 3. The van der Waals surface area contributed by atoms with E-state index < -0.39 is 29.2 Å². The van der Waals surface area contributed by atoms with Crippen LogP contribution in [0.2, 0.25) is 0 Å². The van der Waals surface area contributed by atoms with E-state index in [1.807, 2.05) is 5.38 Å². The summed E-state index contributed by atoms with van der Waals surface area (Å²) in [5, 5.41) is 8.38. The van der Waals surface area contributed by atoms with Crippen molar-refractivity contribution in [3.05, 3.63) is 16.1 Å². The molecule has 0 aliphatic heterocycles. The van der Waals surface area contributed by atoms with Crippen LogP contribution in [0.3, 0.4) is 0 Å². The Morgan fingerprint density at radius 2 is 2.03 bits per heavy atom. The molecule has 0 spiro atoms. The summed E-state index contributed by atoms with van der Waals surface area (Å²) in [5.41, 5.74) is -0.970. The fourth-order valence-electron chi connectivity index (χ4n) is 2.99. The van der Waals surface area contributed by atoms with E-state index in [9.17, 15) is 14.4 Å². The molecule has 1 aromatic rings. The number of amides is 3. The van der Waals surface area contributed by atoms with Crippen LogP contribution in [0.4, 0.5) is 9.59 Å². The van der Waals surface area contributed by atoms with Gasteiger partial charge < -0.3 is 25.0 Å². The third kappa shape index (κ3) is 6.07. The summed E-state index contributed by atoms with van der Waals surface area (Å²) in [7, 11) is 2.92. The summed E-state index contributed by atoms with van der Waals surface area (Å²) in [4.78, 5) is 42.9. The van der Waals surface area contributed by atoms with Crippen molar-refractivity contribution in [2.24, 2.45) is 5.92 Å². The third-order valence-corrected chi connectivity index (χ3v) is 5.88. The number of hydrogen-bond donors (Lipinski definition) is 2. The van der Waals surface area contributed by atoms with Crippen LogP contribution in [0, 0.1) is 5.92 Å². The number of alkyl carbamates (subject to hydrolysis) is 1. The summed E-state index contributed by atoms with van der Waals surface area (Å²) in [6, 6.07) is -0.403. The van der Waals surface area contributed by atoms with Crippen molar-refractivity contribution in [3.8, 4) is 0 Å². The van der Waals surface area contributed by atoms with Crippen LogP contribution in [0.15, 0.2) is 5.38 Å². The van der Waals surface area contributed by atoms with Crippen LogP contribution < -0.4 is 10.6 Å². The average molecular weight is 441 g/mol. The summed E-state index contributed by atoms with van der Waals surface area (Å²) >= 11 is 1.56. The molecule has 0 aromatic carbocycles. The number of hydrogen-bond acceptors (Lipinski definition) is 7. The zero-order valence-corrected chi connectivity index (χ0v) is 19.5. The molecule has 1 saturated carbocycles. The van der Waals surface area contributed by atoms with Gasteiger partial charge in [-0.15, -0.1) is 11.3 Å². The molecule has 10 heteroatoms. The number of carbonyl (C=O) groups excluding carboxylic acids is 3. The molecule has 0 saturated heterocycles. The van der Waals surface area contributed by atoms with Gasteiger partial charge in [-0.25, -0.2) is 19.4 Å². The first kappa shape index (κ1) is 23.9.